The Morgan fingerprint density at radius 2 is 1.83 bits per heavy atom. The summed E-state index contributed by atoms with van der Waals surface area (Å²) in [6.07, 6.45) is 5.58. The summed E-state index contributed by atoms with van der Waals surface area (Å²) in [6, 6.07) is 15.0. The molecule has 3 aromatic heterocycles. The fraction of sp³-hybridized carbons (Fsp3) is 0.136. The molecular formula is C22H20N6OS. The first kappa shape index (κ1) is 19.8. The quantitative estimate of drug-likeness (QED) is 0.458. The van der Waals surface area contributed by atoms with Gasteiger partial charge in [0.1, 0.15) is 0 Å². The zero-order valence-corrected chi connectivity index (χ0v) is 16.9. The van der Waals surface area contributed by atoms with Gasteiger partial charge in [-0.3, -0.25) is 20.4 Å². The maximum Gasteiger partial charge on any atom is 0.244 e. The van der Waals surface area contributed by atoms with Crippen LogP contribution in [0.5, 0.6) is 0 Å². The lowest BCUT2D eigenvalue weighted by Crippen LogP contribution is -2.42. The molecule has 1 atom stereocenters. The number of anilines is 1. The molecule has 2 N–H and O–H groups in total. The third kappa shape index (κ3) is 5.31. The van der Waals surface area contributed by atoms with Gasteiger partial charge in [-0.05, 0) is 30.2 Å². The maximum atomic E-state index is 13.0. The molecule has 0 aliphatic carbocycles. The Balaban J connectivity index is 1.49. The van der Waals surface area contributed by atoms with Crippen LogP contribution in [0.15, 0.2) is 78.0 Å². The minimum atomic E-state index is -0.456. The molecule has 0 fully saturated rings. The number of carbonyl (C=O) groups is 1. The molecule has 1 unspecified atom stereocenters. The molecule has 0 saturated heterocycles. The third-order valence-corrected chi connectivity index (χ3v) is 5.11. The molecule has 1 aromatic carbocycles. The molecule has 0 aliphatic heterocycles. The first-order valence-corrected chi connectivity index (χ1v) is 10.4. The monoisotopic (exact) mass is 416 g/mol. The standard InChI is InChI=1S/C22H20N6OS/c29-21(28-22-24-11-8-19(27-22)17-6-9-23-10-7-17)20(12-16-4-2-1-3-5-16)25-13-18-14-30-15-26-18/h1-11,14-15,20,25H,12-13H2,(H,24,27,28,29). The predicted octanol–water partition coefficient (Wildman–Crippen LogP) is 3.33. The summed E-state index contributed by atoms with van der Waals surface area (Å²) in [7, 11) is 0. The Kier molecular flexibility index (Phi) is 6.48. The zero-order valence-electron chi connectivity index (χ0n) is 16.1. The van der Waals surface area contributed by atoms with Gasteiger partial charge in [-0.1, -0.05) is 30.3 Å². The molecule has 0 aliphatic rings. The third-order valence-electron chi connectivity index (χ3n) is 4.48. The first-order chi connectivity index (χ1) is 14.8. The van der Waals surface area contributed by atoms with Crippen molar-refractivity contribution in [1.29, 1.82) is 0 Å². The number of rotatable bonds is 8. The second-order valence-corrected chi connectivity index (χ2v) is 7.31. The van der Waals surface area contributed by atoms with Crippen LogP contribution in [0.3, 0.4) is 0 Å². The van der Waals surface area contributed by atoms with Crippen LogP contribution in [-0.2, 0) is 17.8 Å². The number of amides is 1. The van der Waals surface area contributed by atoms with Gasteiger partial charge in [0.05, 0.1) is 22.9 Å². The minimum absolute atomic E-state index is 0.194. The van der Waals surface area contributed by atoms with E-state index in [4.69, 9.17) is 0 Å². The topological polar surface area (TPSA) is 92.7 Å². The van der Waals surface area contributed by atoms with Crippen LogP contribution in [0, 0.1) is 0 Å². The molecule has 8 heteroatoms. The van der Waals surface area contributed by atoms with Crippen LogP contribution in [0.2, 0.25) is 0 Å². The summed E-state index contributed by atoms with van der Waals surface area (Å²) >= 11 is 1.53. The predicted molar refractivity (Wildman–Crippen MR) is 117 cm³/mol. The lowest BCUT2D eigenvalue weighted by Gasteiger charge is -2.18. The maximum absolute atomic E-state index is 13.0. The second-order valence-electron chi connectivity index (χ2n) is 6.59. The van der Waals surface area contributed by atoms with Crippen molar-refractivity contribution in [3.8, 4) is 11.3 Å². The summed E-state index contributed by atoms with van der Waals surface area (Å²) in [5, 5.41) is 8.11. The normalized spacial score (nSPS) is 11.7. The van der Waals surface area contributed by atoms with Crippen LogP contribution in [-0.4, -0.2) is 31.9 Å². The van der Waals surface area contributed by atoms with Crippen LogP contribution >= 0.6 is 11.3 Å². The van der Waals surface area contributed by atoms with Gasteiger partial charge in [-0.15, -0.1) is 11.3 Å². The number of thiazole rings is 1. The Labute approximate surface area is 178 Å². The van der Waals surface area contributed by atoms with Gasteiger partial charge in [0.25, 0.3) is 0 Å². The molecule has 150 valence electrons. The highest BCUT2D eigenvalue weighted by molar-refractivity contribution is 7.07. The molecule has 0 bridgehead atoms. The molecule has 7 nitrogen and oxygen atoms in total. The van der Waals surface area contributed by atoms with Gasteiger partial charge in [-0.2, -0.15) is 0 Å². The molecule has 3 heterocycles. The van der Waals surface area contributed by atoms with E-state index in [2.05, 4.69) is 30.6 Å². The van der Waals surface area contributed by atoms with E-state index in [0.717, 1.165) is 22.5 Å². The number of nitrogens with zero attached hydrogens (tertiary/aromatic N) is 4. The molecule has 0 spiro atoms. The van der Waals surface area contributed by atoms with Crippen LogP contribution in [0.1, 0.15) is 11.3 Å². The van der Waals surface area contributed by atoms with E-state index in [1.54, 1.807) is 30.2 Å². The number of hydrogen-bond donors (Lipinski definition) is 2. The molecule has 4 rings (SSSR count). The fourth-order valence-corrected chi connectivity index (χ4v) is 3.52. The van der Waals surface area contributed by atoms with Crippen LogP contribution in [0.25, 0.3) is 11.3 Å². The molecule has 4 aromatic rings. The summed E-state index contributed by atoms with van der Waals surface area (Å²) in [4.78, 5) is 30.0. The van der Waals surface area contributed by atoms with E-state index in [-0.39, 0.29) is 11.9 Å². The molecule has 30 heavy (non-hydrogen) atoms. The fourth-order valence-electron chi connectivity index (χ4n) is 2.96. The molecule has 0 radical (unpaired) electrons. The highest BCUT2D eigenvalue weighted by atomic mass is 32.1. The van der Waals surface area contributed by atoms with E-state index in [0.29, 0.717) is 13.0 Å². The van der Waals surface area contributed by atoms with Crippen molar-refractivity contribution in [1.82, 2.24) is 25.3 Å². The van der Waals surface area contributed by atoms with Crippen molar-refractivity contribution >= 4 is 23.2 Å². The Bertz CT molecular complexity index is 1070. The van der Waals surface area contributed by atoms with Crippen LogP contribution in [0.4, 0.5) is 5.95 Å². The number of nitrogens with one attached hydrogen (secondary N) is 2. The molecular weight excluding hydrogens is 396 g/mol. The summed E-state index contributed by atoms with van der Waals surface area (Å²) in [5.74, 6) is 0.0730. The highest BCUT2D eigenvalue weighted by Crippen LogP contribution is 2.16. The number of hydrogen-bond acceptors (Lipinski definition) is 7. The van der Waals surface area contributed by atoms with E-state index in [1.807, 2.05) is 47.8 Å². The van der Waals surface area contributed by atoms with Crippen molar-refractivity contribution < 1.29 is 4.79 Å². The van der Waals surface area contributed by atoms with Crippen LogP contribution < -0.4 is 10.6 Å². The van der Waals surface area contributed by atoms with Crippen molar-refractivity contribution in [3.05, 3.63) is 89.3 Å². The van der Waals surface area contributed by atoms with E-state index < -0.39 is 6.04 Å². The van der Waals surface area contributed by atoms with E-state index in [1.165, 1.54) is 11.3 Å². The van der Waals surface area contributed by atoms with Gasteiger partial charge in [0.2, 0.25) is 11.9 Å². The van der Waals surface area contributed by atoms with E-state index in [9.17, 15) is 4.79 Å². The van der Waals surface area contributed by atoms with Crippen molar-refractivity contribution in [3.63, 3.8) is 0 Å². The average molecular weight is 417 g/mol. The number of pyridine rings is 1. The lowest BCUT2D eigenvalue weighted by molar-refractivity contribution is -0.118. The second kappa shape index (κ2) is 9.82. The number of carbonyl (C=O) groups excluding carboxylic acids is 1. The summed E-state index contributed by atoms with van der Waals surface area (Å²) in [5.41, 5.74) is 5.38. The summed E-state index contributed by atoms with van der Waals surface area (Å²) in [6.45, 7) is 0.506. The van der Waals surface area contributed by atoms with Gasteiger partial charge in [0, 0.05) is 36.1 Å². The van der Waals surface area contributed by atoms with E-state index >= 15 is 0 Å². The van der Waals surface area contributed by atoms with Crippen molar-refractivity contribution in [2.75, 3.05) is 5.32 Å². The van der Waals surface area contributed by atoms with Crippen molar-refractivity contribution in [2.45, 2.75) is 19.0 Å². The number of aromatic nitrogens is 4. The Morgan fingerprint density at radius 1 is 1.00 bits per heavy atom. The largest absolute Gasteiger partial charge is 0.300 e. The Hall–Kier alpha value is -3.49. The highest BCUT2D eigenvalue weighted by Gasteiger charge is 2.20. The van der Waals surface area contributed by atoms with Crippen molar-refractivity contribution in [2.24, 2.45) is 0 Å². The van der Waals surface area contributed by atoms with Gasteiger partial charge in [-0.25, -0.2) is 15.0 Å². The molecule has 1 amide bonds. The summed E-state index contributed by atoms with van der Waals surface area (Å²) < 4.78 is 0. The lowest BCUT2D eigenvalue weighted by atomic mass is 10.1. The SMILES string of the molecule is O=C(Nc1nccc(-c2ccncc2)n1)C(Cc1ccccc1)NCc1cscn1. The van der Waals surface area contributed by atoms with Gasteiger partial charge >= 0.3 is 0 Å². The van der Waals surface area contributed by atoms with Gasteiger partial charge < -0.3 is 0 Å². The first-order valence-electron chi connectivity index (χ1n) is 9.46. The number of benzene rings is 1. The zero-order chi connectivity index (χ0) is 20.6. The van der Waals surface area contributed by atoms with Gasteiger partial charge in [0.15, 0.2) is 0 Å². The Morgan fingerprint density at radius 3 is 2.60 bits per heavy atom. The average Bonchev–Trinajstić information content (AvgIpc) is 3.32. The smallest absolute Gasteiger partial charge is 0.244 e. The minimum Gasteiger partial charge on any atom is -0.300 e. The molecule has 0 saturated carbocycles.